The van der Waals surface area contributed by atoms with E-state index < -0.39 is 17.6 Å². The van der Waals surface area contributed by atoms with Crippen LogP contribution in [0.3, 0.4) is 0 Å². The maximum Gasteiger partial charge on any atom is 0.337 e. The number of ether oxygens (including phenoxy) is 1. The molecule has 1 atom stereocenters. The van der Waals surface area contributed by atoms with Crippen LogP contribution < -0.4 is 0 Å². The summed E-state index contributed by atoms with van der Waals surface area (Å²) in [7, 11) is 0. The summed E-state index contributed by atoms with van der Waals surface area (Å²) < 4.78 is 32.6. The van der Waals surface area contributed by atoms with Crippen LogP contribution in [0.25, 0.3) is 0 Å². The molecule has 2 aliphatic rings. The Kier molecular flexibility index (Phi) is 6.46. The molecular weight excluding hydrogens is 366 g/mol. The van der Waals surface area contributed by atoms with Gasteiger partial charge in [-0.1, -0.05) is 19.4 Å². The highest BCUT2D eigenvalue weighted by Crippen LogP contribution is 2.33. The van der Waals surface area contributed by atoms with Crippen molar-refractivity contribution in [2.45, 2.75) is 39.4 Å². The Bertz CT molecular complexity index is 801. The summed E-state index contributed by atoms with van der Waals surface area (Å²) in [5.41, 5.74) is 2.36. The van der Waals surface area contributed by atoms with Crippen molar-refractivity contribution >= 4 is 5.97 Å². The molecule has 5 nitrogen and oxygen atoms in total. The first-order chi connectivity index (χ1) is 13.4. The predicted molar refractivity (Wildman–Crippen MR) is 101 cm³/mol. The Labute approximate surface area is 163 Å². The molecule has 0 radical (unpaired) electrons. The fourth-order valence-corrected chi connectivity index (χ4v) is 3.89. The number of nitrogens with zero attached hydrogens (tertiary/aromatic N) is 2. The highest BCUT2D eigenvalue weighted by Gasteiger charge is 2.34. The summed E-state index contributed by atoms with van der Waals surface area (Å²) in [4.78, 5) is 16.2. The lowest BCUT2D eigenvalue weighted by Crippen LogP contribution is -2.52. The number of carboxylic acid groups (broad SMARTS) is 1. The van der Waals surface area contributed by atoms with Crippen molar-refractivity contribution in [1.82, 2.24) is 9.80 Å². The van der Waals surface area contributed by atoms with Crippen LogP contribution in [0.2, 0.25) is 0 Å². The third kappa shape index (κ3) is 4.25. The first-order valence-corrected chi connectivity index (χ1v) is 9.60. The van der Waals surface area contributed by atoms with Gasteiger partial charge >= 0.3 is 5.97 Å². The van der Waals surface area contributed by atoms with Crippen molar-refractivity contribution in [3.8, 4) is 0 Å². The molecule has 1 aromatic carbocycles. The van der Waals surface area contributed by atoms with Crippen molar-refractivity contribution < 1.29 is 23.4 Å². The summed E-state index contributed by atoms with van der Waals surface area (Å²) in [6.07, 6.45) is 3.18. The monoisotopic (exact) mass is 392 g/mol. The van der Waals surface area contributed by atoms with E-state index in [9.17, 15) is 18.7 Å². The molecule has 7 heteroatoms. The number of carbonyl (C=O) groups is 1. The molecule has 28 heavy (non-hydrogen) atoms. The summed E-state index contributed by atoms with van der Waals surface area (Å²) in [5, 5.41) is 9.80. The normalized spacial score (nSPS) is 21.1. The van der Waals surface area contributed by atoms with Crippen LogP contribution in [-0.4, -0.2) is 53.3 Å². The number of aliphatic carboxylic acids is 1. The van der Waals surface area contributed by atoms with E-state index in [4.69, 9.17) is 4.74 Å². The first-order valence-electron chi connectivity index (χ1n) is 9.60. The third-order valence-corrected chi connectivity index (χ3v) is 5.21. The van der Waals surface area contributed by atoms with Gasteiger partial charge in [-0.2, -0.15) is 0 Å². The van der Waals surface area contributed by atoms with Crippen LogP contribution in [0, 0.1) is 11.6 Å². The summed E-state index contributed by atoms with van der Waals surface area (Å²) in [6, 6.07) is 3.84. The van der Waals surface area contributed by atoms with Gasteiger partial charge in [-0.05, 0) is 42.7 Å². The van der Waals surface area contributed by atoms with E-state index in [-0.39, 0.29) is 6.17 Å². The van der Waals surface area contributed by atoms with Crippen LogP contribution in [0.5, 0.6) is 0 Å². The second kappa shape index (κ2) is 8.84. The average Bonchev–Trinajstić information content (AvgIpc) is 2.67. The number of carboxylic acids is 1. The zero-order chi connectivity index (χ0) is 20.3. The molecule has 1 aromatic rings. The van der Waals surface area contributed by atoms with E-state index in [1.165, 1.54) is 6.07 Å². The lowest BCUT2D eigenvalue weighted by Gasteiger charge is -2.45. The topological polar surface area (TPSA) is 53.0 Å². The van der Waals surface area contributed by atoms with Crippen LogP contribution >= 0.6 is 0 Å². The molecule has 1 N–H and O–H groups in total. The van der Waals surface area contributed by atoms with Gasteiger partial charge in [0.1, 0.15) is 6.17 Å². The van der Waals surface area contributed by atoms with Gasteiger partial charge in [0.25, 0.3) is 0 Å². The van der Waals surface area contributed by atoms with Crippen molar-refractivity contribution in [3.63, 3.8) is 0 Å². The number of benzene rings is 1. The maximum atomic E-state index is 13.8. The molecule has 2 aliphatic heterocycles. The highest BCUT2D eigenvalue weighted by molar-refractivity contribution is 5.92. The molecule has 1 saturated heterocycles. The first kappa shape index (κ1) is 20.5. The third-order valence-electron chi connectivity index (χ3n) is 5.21. The second-order valence-electron chi connectivity index (χ2n) is 7.16. The fraction of sp³-hybridized carbons (Fsp3) is 0.476. The molecule has 0 saturated carbocycles. The maximum absolute atomic E-state index is 13.8. The van der Waals surface area contributed by atoms with Crippen molar-refractivity contribution in [1.29, 1.82) is 0 Å². The lowest BCUT2D eigenvalue weighted by molar-refractivity contribution is -0.132. The number of hydrogen-bond acceptors (Lipinski definition) is 4. The van der Waals surface area contributed by atoms with E-state index in [1.807, 2.05) is 24.8 Å². The zero-order valence-corrected chi connectivity index (χ0v) is 16.3. The number of allylic oxidation sites excluding steroid dienone is 1. The molecule has 1 unspecified atom stereocenters. The quantitative estimate of drug-likeness (QED) is 0.803. The Morgan fingerprint density at radius 1 is 1.25 bits per heavy atom. The molecule has 1 fully saturated rings. The van der Waals surface area contributed by atoms with E-state index >= 15 is 0 Å². The molecular formula is C21H26F2N2O3. The Morgan fingerprint density at radius 2 is 1.96 bits per heavy atom. The number of hydrogen-bond donors (Lipinski definition) is 1. The Balaban J connectivity index is 2.02. The van der Waals surface area contributed by atoms with Crippen LogP contribution in [0.15, 0.2) is 41.1 Å². The average molecular weight is 392 g/mol. The van der Waals surface area contributed by atoms with E-state index in [2.05, 4.69) is 4.90 Å². The predicted octanol–water partition coefficient (Wildman–Crippen LogP) is 3.52. The molecule has 152 valence electrons. The molecule has 0 aliphatic carbocycles. The second-order valence-corrected chi connectivity index (χ2v) is 7.16. The van der Waals surface area contributed by atoms with Gasteiger partial charge in [-0.3, -0.25) is 4.90 Å². The minimum Gasteiger partial charge on any atom is -0.478 e. The summed E-state index contributed by atoms with van der Waals surface area (Å²) in [6.45, 7) is 6.80. The van der Waals surface area contributed by atoms with Gasteiger partial charge in [-0.25, -0.2) is 13.6 Å². The Hall–Kier alpha value is -2.25. The Morgan fingerprint density at radius 3 is 2.57 bits per heavy atom. The number of rotatable bonds is 6. The molecule has 0 bridgehead atoms. The zero-order valence-electron chi connectivity index (χ0n) is 16.3. The minimum atomic E-state index is -0.965. The van der Waals surface area contributed by atoms with Gasteiger partial charge in [0, 0.05) is 25.3 Å². The van der Waals surface area contributed by atoms with Gasteiger partial charge in [-0.15, -0.1) is 0 Å². The molecule has 0 amide bonds. The highest BCUT2D eigenvalue weighted by atomic mass is 19.2. The van der Waals surface area contributed by atoms with Crippen LogP contribution in [0.1, 0.15) is 32.3 Å². The van der Waals surface area contributed by atoms with Crippen LogP contribution in [-0.2, 0) is 16.1 Å². The summed E-state index contributed by atoms with van der Waals surface area (Å²) >= 11 is 0. The van der Waals surface area contributed by atoms with E-state index in [1.54, 1.807) is 6.07 Å². The van der Waals surface area contributed by atoms with Gasteiger partial charge in [0.15, 0.2) is 11.6 Å². The number of halogens is 2. The van der Waals surface area contributed by atoms with Crippen molar-refractivity contribution in [3.05, 3.63) is 58.3 Å². The molecule has 3 rings (SSSR count). The van der Waals surface area contributed by atoms with Crippen molar-refractivity contribution in [2.24, 2.45) is 0 Å². The number of morpholine rings is 1. The lowest BCUT2D eigenvalue weighted by atomic mass is 9.95. The summed E-state index contributed by atoms with van der Waals surface area (Å²) in [5.74, 6) is -2.75. The molecule has 0 aromatic heterocycles. The van der Waals surface area contributed by atoms with Crippen molar-refractivity contribution in [2.75, 3.05) is 26.3 Å². The SMILES string of the molecule is CCCC1=C(C(=O)O)C(C)=CC(N2CCOCC2)N1Cc1ccc(F)c(F)c1. The standard InChI is InChI=1S/C21H26F2N2O3/c1-3-4-18-20(21(26)27)14(2)11-19(24-7-9-28-10-8-24)25(18)13-15-5-6-16(22)17(23)12-15/h5-6,11-12,19H,3-4,7-10,13H2,1-2H3,(H,26,27). The molecule has 0 spiro atoms. The molecule has 2 heterocycles. The smallest absolute Gasteiger partial charge is 0.337 e. The van der Waals surface area contributed by atoms with Crippen LogP contribution in [0.4, 0.5) is 8.78 Å². The minimum absolute atomic E-state index is 0.151. The van der Waals surface area contributed by atoms with Gasteiger partial charge < -0.3 is 14.7 Å². The van der Waals surface area contributed by atoms with Gasteiger partial charge in [0.2, 0.25) is 0 Å². The largest absolute Gasteiger partial charge is 0.478 e. The van der Waals surface area contributed by atoms with E-state index in [0.717, 1.165) is 36.8 Å². The van der Waals surface area contributed by atoms with Gasteiger partial charge in [0.05, 0.1) is 18.8 Å². The van der Waals surface area contributed by atoms with E-state index in [0.29, 0.717) is 37.3 Å². The fourth-order valence-electron chi connectivity index (χ4n) is 3.89.